The number of aryl methyl sites for hydroxylation is 2. The maximum Gasteiger partial charge on any atom is 0.338 e. The lowest BCUT2D eigenvalue weighted by atomic mass is 10.0. The third-order valence-electron chi connectivity index (χ3n) is 7.32. The number of likely N-dealkylation sites (tertiary alicyclic amines) is 1. The third-order valence-corrected chi connectivity index (χ3v) is 7.32. The molecular weight excluding hydrogens is 436 g/mol. The number of ether oxygens (including phenoxy) is 1. The van der Waals surface area contributed by atoms with Crippen LogP contribution in [0.1, 0.15) is 105 Å². The summed E-state index contributed by atoms with van der Waals surface area (Å²) in [6.45, 7) is 12.5. The molecule has 190 valence electrons. The standard InChI is InChI=1S/C30H42N2O3/c1-6-8-25-9-7-17-31(25)20-27-26(23-14-15-23)19-21(2)28(33)32(27)18-16-22-10-12-24(13-11-22)29(34)35-30(3,4)5/h10-13,19,23,25H,6-9,14-18,20H2,1-5H3/t25-/m0/s1. The Morgan fingerprint density at radius 1 is 1.11 bits per heavy atom. The van der Waals surface area contributed by atoms with Gasteiger partial charge in [-0.2, -0.15) is 0 Å². The Morgan fingerprint density at radius 2 is 1.83 bits per heavy atom. The van der Waals surface area contributed by atoms with Crippen LogP contribution in [0.15, 0.2) is 35.1 Å². The van der Waals surface area contributed by atoms with Gasteiger partial charge in [0.05, 0.1) is 5.56 Å². The summed E-state index contributed by atoms with van der Waals surface area (Å²) in [4.78, 5) is 28.3. The van der Waals surface area contributed by atoms with Gasteiger partial charge in [0.15, 0.2) is 0 Å². The number of esters is 1. The fourth-order valence-corrected chi connectivity index (χ4v) is 5.37. The molecule has 1 aliphatic heterocycles. The van der Waals surface area contributed by atoms with Crippen LogP contribution in [0.25, 0.3) is 0 Å². The number of benzene rings is 1. The average molecular weight is 479 g/mol. The Balaban J connectivity index is 1.55. The first-order valence-corrected chi connectivity index (χ1v) is 13.5. The van der Waals surface area contributed by atoms with Gasteiger partial charge in [0.2, 0.25) is 0 Å². The van der Waals surface area contributed by atoms with Gasteiger partial charge in [-0.15, -0.1) is 0 Å². The van der Waals surface area contributed by atoms with Crippen LogP contribution in [0.3, 0.4) is 0 Å². The molecule has 0 bridgehead atoms. The zero-order chi connectivity index (χ0) is 25.2. The van der Waals surface area contributed by atoms with Crippen LogP contribution in [0.4, 0.5) is 0 Å². The number of carbonyl (C=O) groups excluding carboxylic acids is 1. The van der Waals surface area contributed by atoms with Crippen molar-refractivity contribution >= 4 is 5.97 Å². The fourth-order valence-electron chi connectivity index (χ4n) is 5.37. The molecule has 2 heterocycles. The van der Waals surface area contributed by atoms with Crippen LogP contribution < -0.4 is 5.56 Å². The molecule has 2 aliphatic rings. The highest BCUT2D eigenvalue weighted by atomic mass is 16.6. The van der Waals surface area contributed by atoms with Gasteiger partial charge in [-0.3, -0.25) is 9.69 Å². The lowest BCUT2D eigenvalue weighted by molar-refractivity contribution is 0.00695. The Bertz CT molecular complexity index is 1090. The maximum absolute atomic E-state index is 13.3. The fraction of sp³-hybridized carbons (Fsp3) is 0.600. The number of carbonyl (C=O) groups is 1. The van der Waals surface area contributed by atoms with E-state index in [-0.39, 0.29) is 11.5 Å². The van der Waals surface area contributed by atoms with Crippen molar-refractivity contribution in [2.75, 3.05) is 6.54 Å². The summed E-state index contributed by atoms with van der Waals surface area (Å²) < 4.78 is 7.54. The number of nitrogens with zero attached hydrogens (tertiary/aromatic N) is 2. The topological polar surface area (TPSA) is 51.5 Å². The predicted octanol–water partition coefficient (Wildman–Crippen LogP) is 6.00. The van der Waals surface area contributed by atoms with Crippen molar-refractivity contribution in [3.8, 4) is 0 Å². The van der Waals surface area contributed by atoms with Crippen molar-refractivity contribution in [2.24, 2.45) is 0 Å². The lowest BCUT2D eigenvalue weighted by Crippen LogP contribution is -2.34. The molecule has 2 aromatic rings. The Kier molecular flexibility index (Phi) is 7.85. The van der Waals surface area contributed by atoms with Crippen LogP contribution >= 0.6 is 0 Å². The summed E-state index contributed by atoms with van der Waals surface area (Å²) in [7, 11) is 0. The smallest absolute Gasteiger partial charge is 0.338 e. The van der Waals surface area contributed by atoms with Gasteiger partial charge in [0.1, 0.15) is 5.60 Å². The molecule has 1 aromatic carbocycles. The average Bonchev–Trinajstić information content (AvgIpc) is 3.56. The number of hydrogen-bond donors (Lipinski definition) is 0. The number of pyridine rings is 1. The monoisotopic (exact) mass is 478 g/mol. The van der Waals surface area contributed by atoms with Crippen LogP contribution in [-0.2, 0) is 24.2 Å². The second kappa shape index (κ2) is 10.7. The molecule has 1 saturated heterocycles. The Hall–Kier alpha value is -2.40. The Morgan fingerprint density at radius 3 is 2.46 bits per heavy atom. The summed E-state index contributed by atoms with van der Waals surface area (Å²) in [5.74, 6) is 0.304. The zero-order valence-electron chi connectivity index (χ0n) is 22.2. The molecule has 5 heteroatoms. The third kappa shape index (κ3) is 6.43. The molecule has 35 heavy (non-hydrogen) atoms. The second-order valence-electron chi connectivity index (χ2n) is 11.5. The molecule has 1 atom stereocenters. The van der Waals surface area contributed by atoms with E-state index in [0.29, 0.717) is 24.1 Å². The van der Waals surface area contributed by atoms with E-state index < -0.39 is 5.60 Å². The SMILES string of the molecule is CCC[C@H]1CCCN1Cc1c(C2CC2)cc(C)c(=O)n1CCc1ccc(C(=O)OC(C)(C)C)cc1. The summed E-state index contributed by atoms with van der Waals surface area (Å²) in [5.41, 5.74) is 4.78. The predicted molar refractivity (Wildman–Crippen MR) is 141 cm³/mol. The van der Waals surface area contributed by atoms with Gasteiger partial charge in [-0.1, -0.05) is 25.5 Å². The number of aromatic nitrogens is 1. The van der Waals surface area contributed by atoms with Gasteiger partial charge in [-0.05, 0) is 108 Å². The van der Waals surface area contributed by atoms with E-state index in [9.17, 15) is 9.59 Å². The number of hydrogen-bond acceptors (Lipinski definition) is 4. The maximum atomic E-state index is 13.3. The van der Waals surface area contributed by atoms with E-state index >= 15 is 0 Å². The molecule has 1 saturated carbocycles. The molecule has 1 aromatic heterocycles. The molecule has 0 unspecified atom stereocenters. The molecular formula is C30H42N2O3. The molecule has 2 fully saturated rings. The summed E-state index contributed by atoms with van der Waals surface area (Å²) in [6.07, 6.45) is 8.18. The zero-order valence-corrected chi connectivity index (χ0v) is 22.2. The summed E-state index contributed by atoms with van der Waals surface area (Å²) >= 11 is 0. The first-order valence-electron chi connectivity index (χ1n) is 13.5. The first-order chi connectivity index (χ1) is 16.7. The van der Waals surface area contributed by atoms with Crippen molar-refractivity contribution in [1.29, 1.82) is 0 Å². The van der Waals surface area contributed by atoms with E-state index in [0.717, 1.165) is 30.6 Å². The second-order valence-corrected chi connectivity index (χ2v) is 11.5. The van der Waals surface area contributed by atoms with E-state index in [1.54, 1.807) is 0 Å². The van der Waals surface area contributed by atoms with Gasteiger partial charge in [0.25, 0.3) is 5.56 Å². The highest BCUT2D eigenvalue weighted by molar-refractivity contribution is 5.89. The molecule has 0 amide bonds. The molecule has 0 radical (unpaired) electrons. The lowest BCUT2D eigenvalue weighted by Gasteiger charge is -2.28. The van der Waals surface area contributed by atoms with Gasteiger partial charge in [0, 0.05) is 30.4 Å². The first kappa shape index (κ1) is 25.7. The van der Waals surface area contributed by atoms with Gasteiger partial charge >= 0.3 is 5.97 Å². The van der Waals surface area contributed by atoms with Crippen LogP contribution in [-0.4, -0.2) is 33.6 Å². The van der Waals surface area contributed by atoms with E-state index in [1.165, 1.54) is 49.8 Å². The highest BCUT2D eigenvalue weighted by Crippen LogP contribution is 2.42. The molecule has 5 nitrogen and oxygen atoms in total. The van der Waals surface area contributed by atoms with Gasteiger partial charge < -0.3 is 9.30 Å². The van der Waals surface area contributed by atoms with E-state index in [1.807, 2.05) is 52.0 Å². The Labute approximate surface area is 210 Å². The minimum absolute atomic E-state index is 0.140. The van der Waals surface area contributed by atoms with Gasteiger partial charge in [-0.25, -0.2) is 4.79 Å². The molecule has 0 N–H and O–H groups in total. The number of rotatable bonds is 9. The largest absolute Gasteiger partial charge is 0.456 e. The van der Waals surface area contributed by atoms with E-state index in [4.69, 9.17) is 4.74 Å². The minimum atomic E-state index is -0.511. The van der Waals surface area contributed by atoms with Crippen molar-refractivity contribution in [2.45, 2.75) is 110 Å². The molecule has 0 spiro atoms. The van der Waals surface area contributed by atoms with E-state index in [2.05, 4.69) is 22.5 Å². The van der Waals surface area contributed by atoms with Crippen molar-refractivity contribution < 1.29 is 9.53 Å². The van der Waals surface area contributed by atoms with Crippen molar-refractivity contribution in [3.63, 3.8) is 0 Å². The summed E-state index contributed by atoms with van der Waals surface area (Å²) in [5, 5.41) is 0. The van der Waals surface area contributed by atoms with Crippen molar-refractivity contribution in [3.05, 3.63) is 68.6 Å². The van der Waals surface area contributed by atoms with Crippen LogP contribution in [0, 0.1) is 6.92 Å². The van der Waals surface area contributed by atoms with Crippen LogP contribution in [0.2, 0.25) is 0 Å². The quantitative estimate of drug-likeness (QED) is 0.415. The summed E-state index contributed by atoms with van der Waals surface area (Å²) in [6, 6.07) is 10.4. The molecule has 4 rings (SSSR count). The molecule has 1 aliphatic carbocycles. The van der Waals surface area contributed by atoms with Crippen LogP contribution in [0.5, 0.6) is 0 Å². The highest BCUT2D eigenvalue weighted by Gasteiger charge is 2.31. The normalized spacial score (nSPS) is 18.7. The van der Waals surface area contributed by atoms with Crippen molar-refractivity contribution in [1.82, 2.24) is 9.47 Å². The minimum Gasteiger partial charge on any atom is -0.456 e.